The number of alkyl halides is 2. The van der Waals surface area contributed by atoms with Gasteiger partial charge in [-0.1, -0.05) is 23.2 Å². The van der Waals surface area contributed by atoms with E-state index in [1.54, 1.807) is 0 Å². The Morgan fingerprint density at radius 1 is 0.941 bits per heavy atom. The summed E-state index contributed by atoms with van der Waals surface area (Å²) in [6, 6.07) is 0. The number of epoxide rings is 1. The van der Waals surface area contributed by atoms with Gasteiger partial charge < -0.3 is 4.74 Å². The van der Waals surface area contributed by atoms with Gasteiger partial charge in [0.25, 0.3) is 0 Å². The second-order valence-electron chi connectivity index (χ2n) is 6.21. The van der Waals surface area contributed by atoms with Crippen LogP contribution in [0, 0.1) is 23.7 Å². The minimum atomic E-state index is -0.513. The summed E-state index contributed by atoms with van der Waals surface area (Å²) in [5.41, 5.74) is 0. The smallest absolute Gasteiger partial charge is 0.0876 e. The molecule has 3 saturated carbocycles. The molecule has 1 heterocycles. The molecule has 0 radical (unpaired) electrons. The van der Waals surface area contributed by atoms with E-state index in [2.05, 4.69) is 0 Å². The summed E-state index contributed by atoms with van der Waals surface area (Å²) in [4.78, 5) is -1.03. The first-order chi connectivity index (χ1) is 7.98. The van der Waals surface area contributed by atoms with Crippen LogP contribution in [0.1, 0.15) is 12.8 Å². The van der Waals surface area contributed by atoms with Gasteiger partial charge in [0.15, 0.2) is 0 Å². The third kappa shape index (κ3) is 0.885. The Kier molecular flexibility index (Phi) is 1.67. The van der Waals surface area contributed by atoms with Gasteiger partial charge in [0.05, 0.1) is 32.0 Å². The Bertz CT molecular complexity index is 451. The van der Waals surface area contributed by atoms with E-state index in [1.165, 1.54) is 6.42 Å². The average molecular weight is 312 g/mol. The molecule has 1 nitrogen and oxygen atoms in total. The maximum atomic E-state index is 6.80. The summed E-state index contributed by atoms with van der Waals surface area (Å²) in [5.74, 6) is 1.83. The lowest BCUT2D eigenvalue weighted by Gasteiger charge is -2.38. The SMILES string of the molecule is ClC1=C(Cl)[C@@]2(Cl)C[C@@]1(Cl)[C@@H]1[C@H]3C[C@@H]([C@H]4O[C@H]34)[C@@H]12. The molecule has 0 unspecified atom stereocenters. The van der Waals surface area contributed by atoms with Crippen molar-refractivity contribution in [3.63, 3.8) is 0 Å². The molecule has 0 aromatic rings. The van der Waals surface area contributed by atoms with Crippen LogP contribution in [0.4, 0.5) is 0 Å². The first-order valence-corrected chi connectivity index (χ1v) is 7.59. The Labute approximate surface area is 119 Å². The number of fused-ring (bicyclic) bond motifs is 12. The molecule has 1 aliphatic heterocycles. The van der Waals surface area contributed by atoms with Crippen molar-refractivity contribution in [2.45, 2.75) is 34.8 Å². The highest BCUT2D eigenvalue weighted by atomic mass is 35.5. The zero-order valence-electron chi connectivity index (χ0n) is 8.80. The van der Waals surface area contributed by atoms with E-state index >= 15 is 0 Å². The van der Waals surface area contributed by atoms with Crippen molar-refractivity contribution in [2.75, 3.05) is 0 Å². The third-order valence-electron chi connectivity index (χ3n) is 5.75. The summed E-state index contributed by atoms with van der Waals surface area (Å²) in [5, 5.41) is 1.20. The molecule has 8 atom stereocenters. The largest absolute Gasteiger partial charge is 0.369 e. The Balaban J connectivity index is 1.75. The quantitative estimate of drug-likeness (QED) is 0.377. The van der Waals surface area contributed by atoms with Crippen molar-refractivity contribution in [2.24, 2.45) is 23.7 Å². The number of rotatable bonds is 0. The number of hydrogen-bond acceptors (Lipinski definition) is 1. The molecule has 0 aromatic heterocycles. The van der Waals surface area contributed by atoms with Gasteiger partial charge in [-0.05, 0) is 36.5 Å². The molecular formula is C12H10Cl4O. The topological polar surface area (TPSA) is 12.5 Å². The fourth-order valence-electron chi connectivity index (χ4n) is 5.31. The van der Waals surface area contributed by atoms with Crippen LogP contribution in [0.2, 0.25) is 0 Å². The second-order valence-corrected chi connectivity index (χ2v) is 8.31. The minimum absolute atomic E-state index is 0.366. The van der Waals surface area contributed by atoms with Crippen molar-refractivity contribution in [3.8, 4) is 0 Å². The molecule has 0 N–H and O–H groups in total. The van der Waals surface area contributed by atoms with Crippen LogP contribution in [0.25, 0.3) is 0 Å². The van der Waals surface area contributed by atoms with E-state index in [0.717, 1.165) is 0 Å². The lowest BCUT2D eigenvalue weighted by Crippen LogP contribution is -2.42. The van der Waals surface area contributed by atoms with Gasteiger partial charge in [-0.15, -0.1) is 23.2 Å². The molecule has 0 spiro atoms. The van der Waals surface area contributed by atoms with Gasteiger partial charge in [0.1, 0.15) is 0 Å². The van der Waals surface area contributed by atoms with Crippen LogP contribution < -0.4 is 0 Å². The van der Waals surface area contributed by atoms with E-state index in [9.17, 15) is 0 Å². The number of hydrogen-bond donors (Lipinski definition) is 0. The molecule has 1 saturated heterocycles. The maximum absolute atomic E-state index is 6.80. The van der Waals surface area contributed by atoms with Crippen LogP contribution in [0.15, 0.2) is 10.1 Å². The van der Waals surface area contributed by atoms with Crippen LogP contribution in [0.5, 0.6) is 0 Å². The van der Waals surface area contributed by atoms with Gasteiger partial charge in [0, 0.05) is 0 Å². The number of halogens is 4. The highest BCUT2D eigenvalue weighted by Crippen LogP contribution is 2.79. The Hall–Kier alpha value is 0.860. The molecule has 5 heteroatoms. The molecule has 5 rings (SSSR count). The molecule has 92 valence electrons. The monoisotopic (exact) mass is 310 g/mol. The van der Waals surface area contributed by atoms with Crippen molar-refractivity contribution in [3.05, 3.63) is 10.1 Å². The van der Waals surface area contributed by atoms with Gasteiger partial charge in [0.2, 0.25) is 0 Å². The second kappa shape index (κ2) is 2.67. The minimum Gasteiger partial charge on any atom is -0.369 e. The standard InChI is InChI=1S/C12H10Cl4O/c13-9-10(14)12(16)2-11(9,15)5-3-1-4(6(5)12)8-7(3)17-8/h3-8H,1-2H2/t3-,4-,5-,6+,7-,8-,11-,12-/m1/s1. The Morgan fingerprint density at radius 2 is 1.41 bits per heavy atom. The molecule has 4 fully saturated rings. The fraction of sp³-hybridized carbons (Fsp3) is 0.833. The highest BCUT2D eigenvalue weighted by Gasteiger charge is 2.81. The van der Waals surface area contributed by atoms with Crippen molar-refractivity contribution >= 4 is 46.4 Å². The lowest BCUT2D eigenvalue weighted by atomic mass is 9.73. The van der Waals surface area contributed by atoms with Crippen molar-refractivity contribution < 1.29 is 4.74 Å². The fourth-order valence-corrected chi connectivity index (χ4v) is 7.41. The first kappa shape index (κ1) is 10.6. The number of allylic oxidation sites excluding steroid dienone is 2. The van der Waals surface area contributed by atoms with Crippen LogP contribution in [-0.2, 0) is 4.74 Å². The van der Waals surface area contributed by atoms with Gasteiger partial charge in [-0.3, -0.25) is 0 Å². The molecule has 0 aromatic carbocycles. The zero-order valence-corrected chi connectivity index (χ0v) is 11.8. The van der Waals surface area contributed by atoms with Crippen LogP contribution in [0.3, 0.4) is 0 Å². The summed E-state index contributed by atoms with van der Waals surface area (Å²) in [6.07, 6.45) is 2.75. The Morgan fingerprint density at radius 3 is 1.88 bits per heavy atom. The first-order valence-electron chi connectivity index (χ1n) is 6.08. The normalized spacial score (nSPS) is 69.9. The predicted molar refractivity (Wildman–Crippen MR) is 67.8 cm³/mol. The van der Waals surface area contributed by atoms with Crippen molar-refractivity contribution in [1.29, 1.82) is 0 Å². The van der Waals surface area contributed by atoms with E-state index in [1.807, 2.05) is 0 Å². The predicted octanol–water partition coefficient (Wildman–Crippen LogP) is 3.70. The van der Waals surface area contributed by atoms with E-state index in [-0.39, 0.29) is 0 Å². The maximum Gasteiger partial charge on any atom is 0.0876 e. The van der Waals surface area contributed by atoms with Gasteiger partial charge >= 0.3 is 0 Å². The lowest BCUT2D eigenvalue weighted by molar-refractivity contribution is 0.239. The van der Waals surface area contributed by atoms with Gasteiger partial charge in [-0.2, -0.15) is 0 Å². The van der Waals surface area contributed by atoms with Crippen LogP contribution >= 0.6 is 46.4 Å². The summed E-state index contributed by atoms with van der Waals surface area (Å²) < 4.78 is 5.74. The van der Waals surface area contributed by atoms with Gasteiger partial charge in [-0.25, -0.2) is 0 Å². The zero-order chi connectivity index (χ0) is 11.7. The van der Waals surface area contributed by atoms with E-state index in [0.29, 0.717) is 52.4 Å². The molecule has 0 amide bonds. The molecular weight excluding hydrogens is 302 g/mol. The van der Waals surface area contributed by atoms with Crippen molar-refractivity contribution in [1.82, 2.24) is 0 Å². The third-order valence-corrected chi connectivity index (χ3v) is 8.24. The van der Waals surface area contributed by atoms with E-state index in [4.69, 9.17) is 51.1 Å². The summed E-state index contributed by atoms with van der Waals surface area (Å²) in [7, 11) is 0. The molecule has 5 aliphatic rings. The molecule has 4 aliphatic carbocycles. The summed E-state index contributed by atoms with van der Waals surface area (Å²) in [6.45, 7) is 0. The van der Waals surface area contributed by atoms with Crippen LogP contribution in [-0.4, -0.2) is 22.0 Å². The number of ether oxygens (including phenoxy) is 1. The molecule has 4 bridgehead atoms. The highest BCUT2D eigenvalue weighted by molar-refractivity contribution is 6.51. The molecule has 17 heavy (non-hydrogen) atoms. The van der Waals surface area contributed by atoms with E-state index < -0.39 is 9.75 Å². The average Bonchev–Trinajstić information content (AvgIpc) is 2.73. The summed E-state index contributed by atoms with van der Waals surface area (Å²) >= 11 is 26.3.